The average Bonchev–Trinajstić information content (AvgIpc) is 0.722. The van der Waals surface area contributed by atoms with Crippen molar-refractivity contribution in [3.8, 4) is 0 Å². The van der Waals surface area contributed by atoms with Crippen molar-refractivity contribution in [2.45, 2.75) is 0 Å². The van der Waals surface area contributed by atoms with E-state index in [0.29, 0.717) is 0 Å². The fourth-order valence-electron chi connectivity index (χ4n) is 0. The third kappa shape index (κ3) is 63.7. The van der Waals surface area contributed by atoms with Crippen molar-refractivity contribution >= 4 is 49.6 Å². The summed E-state index contributed by atoms with van der Waals surface area (Å²) in [4.78, 5) is 0. The van der Waals surface area contributed by atoms with Gasteiger partial charge in [0.15, 0.2) is 0 Å². The summed E-state index contributed by atoms with van der Waals surface area (Å²) in [5.74, 6) is 0. The van der Waals surface area contributed by atoms with E-state index in [4.69, 9.17) is 13.0 Å². The van der Waals surface area contributed by atoms with Crippen molar-refractivity contribution in [2.24, 2.45) is 0 Å². The van der Waals surface area contributed by atoms with E-state index in [1.807, 2.05) is 0 Å². The van der Waals surface area contributed by atoms with E-state index in [0.717, 1.165) is 0 Å². The molecule has 0 unspecified atom stereocenters. The predicted octanol–water partition coefficient (Wildman–Crippen LogP) is -0.620. The van der Waals surface area contributed by atoms with Gasteiger partial charge in [-0.25, -0.2) is 0 Å². The summed E-state index contributed by atoms with van der Waals surface area (Å²) in [6.45, 7) is 0. The third-order valence-electron chi connectivity index (χ3n) is 0. The molecule has 34 valence electrons. The molecule has 0 aromatic carbocycles. The molecule has 0 fully saturated rings. The van der Waals surface area contributed by atoms with Crippen LogP contribution < -0.4 is 0 Å². The fourth-order valence-corrected chi connectivity index (χ4v) is 0. The van der Waals surface area contributed by atoms with Crippen molar-refractivity contribution in [3.05, 3.63) is 0 Å². The van der Waals surface area contributed by atoms with Crippen molar-refractivity contribution in [1.29, 1.82) is 0 Å². The molecule has 0 saturated heterocycles. The van der Waals surface area contributed by atoms with Gasteiger partial charge in [-0.05, 0) is 0 Å². The van der Waals surface area contributed by atoms with Crippen LogP contribution in [0.4, 0.5) is 0 Å². The van der Waals surface area contributed by atoms with Crippen molar-refractivity contribution in [1.82, 2.24) is 0 Å². The molecular formula is H2ClNaO3S. The van der Waals surface area contributed by atoms with Crippen LogP contribution in [-0.2, 0) is 9.33 Å². The molecule has 0 spiro atoms. The topological polar surface area (TPSA) is 54.4 Å². The summed E-state index contributed by atoms with van der Waals surface area (Å²) in [5.41, 5.74) is 0. The minimum atomic E-state index is -4.19. The maximum absolute atomic E-state index is 8.95. The van der Waals surface area contributed by atoms with Gasteiger partial charge in [-0.15, -0.1) is 0 Å². The van der Waals surface area contributed by atoms with E-state index in [1.165, 1.54) is 0 Å². The Bertz CT molecular complexity index is 94.0. The zero-order valence-electron chi connectivity index (χ0n) is 2.05. The Balaban J connectivity index is 0. The van der Waals surface area contributed by atoms with E-state index in [1.54, 1.807) is 0 Å². The predicted molar refractivity (Wildman–Crippen MR) is 24.6 cm³/mol. The molecule has 0 aromatic rings. The van der Waals surface area contributed by atoms with Crippen LogP contribution in [0.25, 0.3) is 0 Å². The van der Waals surface area contributed by atoms with Gasteiger partial charge in [0.1, 0.15) is 0 Å². The van der Waals surface area contributed by atoms with Gasteiger partial charge in [0, 0.05) is 10.7 Å². The molecule has 0 aromatic heterocycles. The first-order valence-electron chi connectivity index (χ1n) is 0.670. The van der Waals surface area contributed by atoms with E-state index < -0.39 is 9.33 Å². The molecular weight excluding hydrogens is 139 g/mol. The van der Waals surface area contributed by atoms with Gasteiger partial charge in [0.05, 0.1) is 0 Å². The van der Waals surface area contributed by atoms with E-state index in [-0.39, 0.29) is 29.6 Å². The maximum atomic E-state index is 8.95. The molecule has 6 heavy (non-hydrogen) atoms. The van der Waals surface area contributed by atoms with Crippen LogP contribution in [0.3, 0.4) is 0 Å². The fraction of sp³-hybridized carbons (Fsp3) is 0. The molecule has 6 heteroatoms. The van der Waals surface area contributed by atoms with Crippen LogP contribution in [0.2, 0.25) is 0 Å². The van der Waals surface area contributed by atoms with Crippen LogP contribution in [0.5, 0.6) is 0 Å². The Labute approximate surface area is 62.2 Å². The van der Waals surface area contributed by atoms with Crippen molar-refractivity contribution < 1.29 is 13.0 Å². The summed E-state index contributed by atoms with van der Waals surface area (Å²) in [7, 11) is -0.137. The van der Waals surface area contributed by atoms with E-state index in [2.05, 4.69) is 10.7 Å². The third-order valence-corrected chi connectivity index (χ3v) is 0. The second kappa shape index (κ2) is 3.23. The molecule has 1 N–H and O–H groups in total. The zero-order chi connectivity index (χ0) is 4.50. The van der Waals surface area contributed by atoms with Crippen LogP contribution in [-0.4, -0.2) is 42.5 Å². The Hall–Kier alpha value is 1.20. The quantitative estimate of drug-likeness (QED) is 0.277. The summed E-state index contributed by atoms with van der Waals surface area (Å²) in [5, 5.41) is 0. The molecule has 0 aliphatic carbocycles. The Kier molecular flexibility index (Phi) is 5.52. The Morgan fingerprint density at radius 1 is 1.50 bits per heavy atom. The number of hydrogen-bond acceptors (Lipinski definition) is 2. The Morgan fingerprint density at radius 2 is 1.50 bits per heavy atom. The first-order chi connectivity index (χ1) is 2.00. The van der Waals surface area contributed by atoms with Crippen molar-refractivity contribution in [2.75, 3.05) is 0 Å². The van der Waals surface area contributed by atoms with Crippen LogP contribution >= 0.6 is 10.7 Å². The minimum absolute atomic E-state index is 0. The SMILES string of the molecule is O=S(=O)(O)Cl.[NaH]. The molecule has 0 heterocycles. The molecule has 0 atom stereocenters. The second-order valence-corrected chi connectivity index (χ2v) is 2.41. The van der Waals surface area contributed by atoms with Gasteiger partial charge < -0.3 is 0 Å². The normalized spacial score (nSPS) is 9.67. The van der Waals surface area contributed by atoms with Crippen LogP contribution in [0.1, 0.15) is 0 Å². The number of hydrogen-bond donors (Lipinski definition) is 1. The monoisotopic (exact) mass is 140 g/mol. The van der Waals surface area contributed by atoms with Gasteiger partial charge >= 0.3 is 38.9 Å². The summed E-state index contributed by atoms with van der Waals surface area (Å²) < 4.78 is 25.2. The first kappa shape index (κ1) is 10.2. The summed E-state index contributed by atoms with van der Waals surface area (Å²) in [6.07, 6.45) is 0. The number of rotatable bonds is 0. The van der Waals surface area contributed by atoms with Gasteiger partial charge in [0.2, 0.25) is 0 Å². The standard InChI is InChI=1S/ClHO3S.Na.H/c1-5(2,3)4;;/h(H,2,3,4);;. The molecule has 3 nitrogen and oxygen atoms in total. The van der Waals surface area contributed by atoms with E-state index in [9.17, 15) is 0 Å². The van der Waals surface area contributed by atoms with Gasteiger partial charge in [0.25, 0.3) is 0 Å². The molecule has 0 rings (SSSR count). The van der Waals surface area contributed by atoms with Crippen LogP contribution in [0, 0.1) is 0 Å². The summed E-state index contributed by atoms with van der Waals surface area (Å²) in [6, 6.07) is 0. The van der Waals surface area contributed by atoms with Crippen molar-refractivity contribution in [3.63, 3.8) is 0 Å². The molecule has 0 radical (unpaired) electrons. The molecule has 0 saturated carbocycles. The average molecular weight is 141 g/mol. The van der Waals surface area contributed by atoms with Crippen LogP contribution in [0.15, 0.2) is 0 Å². The zero-order valence-corrected chi connectivity index (χ0v) is 3.62. The second-order valence-electron chi connectivity index (χ2n) is 0.412. The van der Waals surface area contributed by atoms with Gasteiger partial charge in [-0.1, -0.05) is 0 Å². The first-order valence-corrected chi connectivity index (χ1v) is 2.94. The molecule has 0 bridgehead atoms. The van der Waals surface area contributed by atoms with Gasteiger partial charge in [-0.3, -0.25) is 4.55 Å². The number of halogens is 1. The molecule has 0 amide bonds. The summed E-state index contributed by atoms with van der Waals surface area (Å²) >= 11 is 0. The van der Waals surface area contributed by atoms with E-state index >= 15 is 0 Å². The Morgan fingerprint density at radius 3 is 1.50 bits per heavy atom. The van der Waals surface area contributed by atoms with Gasteiger partial charge in [-0.2, -0.15) is 8.42 Å². The molecule has 0 aliphatic heterocycles. The molecule has 0 aliphatic rings.